The van der Waals surface area contributed by atoms with Gasteiger partial charge in [-0.05, 0) is 31.0 Å². The van der Waals surface area contributed by atoms with Crippen molar-refractivity contribution < 1.29 is 4.79 Å². The number of nitrogens with two attached hydrogens (primary N) is 1. The Morgan fingerprint density at radius 2 is 2.05 bits per heavy atom. The summed E-state index contributed by atoms with van der Waals surface area (Å²) in [6.45, 7) is 4.10. The van der Waals surface area contributed by atoms with Crippen molar-refractivity contribution in [2.45, 2.75) is 26.3 Å². The van der Waals surface area contributed by atoms with E-state index in [4.69, 9.17) is 5.73 Å². The lowest BCUT2D eigenvalue weighted by atomic mass is 10.1. The number of aryl methyl sites for hydroxylation is 1. The van der Waals surface area contributed by atoms with Gasteiger partial charge in [-0.2, -0.15) is 0 Å². The first-order chi connectivity index (χ1) is 9.58. The molecule has 0 radical (unpaired) electrons. The van der Waals surface area contributed by atoms with E-state index < -0.39 is 6.03 Å². The molecule has 1 atom stereocenters. The number of urea groups is 1. The van der Waals surface area contributed by atoms with Crippen molar-refractivity contribution in [3.05, 3.63) is 34.8 Å². The van der Waals surface area contributed by atoms with E-state index in [0.29, 0.717) is 5.69 Å². The van der Waals surface area contributed by atoms with Gasteiger partial charge >= 0.3 is 6.03 Å². The molecule has 2 amide bonds. The minimum absolute atomic E-state index is 0.107. The molecule has 0 aliphatic rings. The molecular weight excluding hydrogens is 274 g/mol. The van der Waals surface area contributed by atoms with Gasteiger partial charge in [0.25, 0.3) is 0 Å². The topological polar surface area (TPSA) is 92.9 Å². The summed E-state index contributed by atoms with van der Waals surface area (Å²) >= 11 is 1.56. The average molecular weight is 291 g/mol. The van der Waals surface area contributed by atoms with Gasteiger partial charge in [0, 0.05) is 5.69 Å². The van der Waals surface area contributed by atoms with Gasteiger partial charge in [0.15, 0.2) is 0 Å². The molecule has 0 aliphatic carbocycles. The minimum atomic E-state index is -0.565. The number of benzene rings is 1. The van der Waals surface area contributed by atoms with Crippen molar-refractivity contribution in [1.82, 2.24) is 10.2 Å². The maximum atomic E-state index is 10.7. The molecule has 1 aromatic heterocycles. The Kier molecular flexibility index (Phi) is 4.52. The van der Waals surface area contributed by atoms with Crippen LogP contribution in [-0.4, -0.2) is 16.2 Å². The first-order valence-electron chi connectivity index (χ1n) is 6.33. The van der Waals surface area contributed by atoms with Crippen LogP contribution in [0.1, 0.15) is 30.5 Å². The number of hydrogen-bond donors (Lipinski definition) is 3. The largest absolute Gasteiger partial charge is 0.354 e. The Balaban J connectivity index is 2.01. The third kappa shape index (κ3) is 3.67. The monoisotopic (exact) mass is 291 g/mol. The van der Waals surface area contributed by atoms with Gasteiger partial charge in [-0.25, -0.2) is 4.79 Å². The van der Waals surface area contributed by atoms with Crippen LogP contribution in [0.2, 0.25) is 0 Å². The summed E-state index contributed by atoms with van der Waals surface area (Å²) in [5, 5.41) is 15.8. The molecule has 0 spiro atoms. The Hall–Kier alpha value is -2.15. The number of carbonyl (C=O) groups excluding carboxylic acids is 1. The highest BCUT2D eigenvalue weighted by Gasteiger charge is 2.09. The van der Waals surface area contributed by atoms with E-state index in [1.165, 1.54) is 0 Å². The van der Waals surface area contributed by atoms with E-state index in [0.717, 1.165) is 22.1 Å². The van der Waals surface area contributed by atoms with Crippen molar-refractivity contribution in [2.75, 3.05) is 10.6 Å². The van der Waals surface area contributed by atoms with E-state index in [1.54, 1.807) is 11.3 Å². The summed E-state index contributed by atoms with van der Waals surface area (Å²) in [6, 6.07) is 7.04. The van der Waals surface area contributed by atoms with Crippen molar-refractivity contribution >= 4 is 28.2 Å². The van der Waals surface area contributed by atoms with Crippen LogP contribution in [0.25, 0.3) is 0 Å². The second-order valence-electron chi connectivity index (χ2n) is 4.33. The van der Waals surface area contributed by atoms with Crippen LogP contribution in [0, 0.1) is 0 Å². The van der Waals surface area contributed by atoms with Crippen LogP contribution in [0.4, 0.5) is 15.6 Å². The van der Waals surface area contributed by atoms with Crippen molar-refractivity contribution in [3.8, 4) is 0 Å². The highest BCUT2D eigenvalue weighted by molar-refractivity contribution is 7.15. The quantitative estimate of drug-likeness (QED) is 0.789. The van der Waals surface area contributed by atoms with Crippen LogP contribution in [0.3, 0.4) is 0 Å². The minimum Gasteiger partial charge on any atom is -0.354 e. The zero-order valence-electron chi connectivity index (χ0n) is 11.4. The summed E-state index contributed by atoms with van der Waals surface area (Å²) in [5.74, 6) is 0. The predicted octanol–water partition coefficient (Wildman–Crippen LogP) is 2.76. The summed E-state index contributed by atoms with van der Waals surface area (Å²) in [7, 11) is 0. The normalized spacial score (nSPS) is 11.9. The van der Waals surface area contributed by atoms with Crippen molar-refractivity contribution in [3.63, 3.8) is 0 Å². The highest BCUT2D eigenvalue weighted by Crippen LogP contribution is 2.23. The smallest absolute Gasteiger partial charge is 0.316 e. The molecule has 2 rings (SSSR count). The number of nitrogens with zero attached hydrogens (tertiary/aromatic N) is 2. The van der Waals surface area contributed by atoms with Crippen molar-refractivity contribution in [2.24, 2.45) is 5.73 Å². The molecule has 7 heteroatoms. The lowest BCUT2D eigenvalue weighted by Gasteiger charge is -2.13. The molecule has 0 aliphatic heterocycles. The average Bonchev–Trinajstić information content (AvgIpc) is 2.86. The van der Waals surface area contributed by atoms with Crippen LogP contribution >= 0.6 is 11.3 Å². The molecule has 20 heavy (non-hydrogen) atoms. The highest BCUT2D eigenvalue weighted by atomic mass is 32.1. The van der Waals surface area contributed by atoms with Gasteiger partial charge < -0.3 is 16.4 Å². The summed E-state index contributed by atoms with van der Waals surface area (Å²) in [5.41, 5.74) is 6.83. The number of rotatable bonds is 5. The lowest BCUT2D eigenvalue weighted by Crippen LogP contribution is -2.19. The number of anilines is 2. The van der Waals surface area contributed by atoms with Gasteiger partial charge in [-0.1, -0.05) is 30.4 Å². The van der Waals surface area contributed by atoms with Crippen LogP contribution in [-0.2, 0) is 6.42 Å². The maximum Gasteiger partial charge on any atom is 0.316 e. The van der Waals surface area contributed by atoms with Crippen molar-refractivity contribution in [1.29, 1.82) is 0 Å². The molecule has 0 fully saturated rings. The van der Waals surface area contributed by atoms with Gasteiger partial charge in [-0.3, -0.25) is 0 Å². The second-order valence-corrected chi connectivity index (χ2v) is 5.39. The molecule has 0 saturated heterocycles. The fourth-order valence-electron chi connectivity index (χ4n) is 1.72. The molecule has 0 saturated carbocycles. The fraction of sp³-hybridized carbons (Fsp3) is 0.308. The Labute approximate surface area is 121 Å². The first-order valence-corrected chi connectivity index (χ1v) is 7.15. The SMILES string of the molecule is CCc1nnc(NC(C)c2ccc(NC(N)=O)cc2)s1. The van der Waals surface area contributed by atoms with E-state index in [2.05, 4.69) is 27.8 Å². The fourth-order valence-corrected chi connectivity index (χ4v) is 2.49. The number of hydrogen-bond acceptors (Lipinski definition) is 5. The summed E-state index contributed by atoms with van der Waals surface area (Å²) in [4.78, 5) is 10.7. The number of nitrogens with one attached hydrogen (secondary N) is 2. The standard InChI is InChI=1S/C13H17N5OS/c1-3-11-17-18-13(20-11)15-8(2)9-4-6-10(7-5-9)16-12(14)19/h4-8H,3H2,1-2H3,(H,15,18)(H3,14,16,19). The number of amides is 2. The molecular formula is C13H17N5OS. The van der Waals surface area contributed by atoms with Gasteiger partial charge in [0.1, 0.15) is 5.01 Å². The van der Waals surface area contributed by atoms with Gasteiger partial charge in [0.05, 0.1) is 6.04 Å². The molecule has 2 aromatic rings. The van der Waals surface area contributed by atoms with Crippen LogP contribution in [0.5, 0.6) is 0 Å². The van der Waals surface area contributed by atoms with Crippen LogP contribution in [0.15, 0.2) is 24.3 Å². The van der Waals surface area contributed by atoms with Crippen LogP contribution < -0.4 is 16.4 Å². The molecule has 1 unspecified atom stereocenters. The third-order valence-electron chi connectivity index (χ3n) is 2.79. The Morgan fingerprint density at radius 3 is 2.60 bits per heavy atom. The molecule has 0 bridgehead atoms. The summed E-state index contributed by atoms with van der Waals surface area (Å²) < 4.78 is 0. The zero-order valence-corrected chi connectivity index (χ0v) is 12.2. The second kappa shape index (κ2) is 6.33. The molecule has 1 heterocycles. The molecule has 4 N–H and O–H groups in total. The maximum absolute atomic E-state index is 10.7. The zero-order chi connectivity index (χ0) is 14.5. The number of primary amides is 1. The molecule has 6 nitrogen and oxygen atoms in total. The van der Waals surface area contributed by atoms with E-state index in [1.807, 2.05) is 31.2 Å². The number of carbonyl (C=O) groups is 1. The first kappa shape index (κ1) is 14.3. The number of aromatic nitrogens is 2. The third-order valence-corrected chi connectivity index (χ3v) is 3.79. The van der Waals surface area contributed by atoms with E-state index >= 15 is 0 Å². The van der Waals surface area contributed by atoms with Gasteiger partial charge in [0.2, 0.25) is 5.13 Å². The Morgan fingerprint density at radius 1 is 1.35 bits per heavy atom. The molecule has 1 aromatic carbocycles. The Bertz CT molecular complexity index is 581. The predicted molar refractivity (Wildman–Crippen MR) is 81.0 cm³/mol. The van der Waals surface area contributed by atoms with E-state index in [-0.39, 0.29) is 6.04 Å². The van der Waals surface area contributed by atoms with Gasteiger partial charge in [-0.15, -0.1) is 10.2 Å². The molecule has 106 valence electrons. The lowest BCUT2D eigenvalue weighted by molar-refractivity contribution is 0.259. The summed E-state index contributed by atoms with van der Waals surface area (Å²) in [6.07, 6.45) is 0.890. The van der Waals surface area contributed by atoms with E-state index in [9.17, 15) is 4.79 Å².